The van der Waals surface area contributed by atoms with Crippen LogP contribution in [0.4, 0.5) is 5.69 Å². The van der Waals surface area contributed by atoms with E-state index in [0.29, 0.717) is 55.6 Å². The molecule has 0 spiro atoms. The Labute approximate surface area is 300 Å². The molecule has 1 aliphatic rings. The van der Waals surface area contributed by atoms with E-state index in [1.807, 2.05) is 81.6 Å². The second kappa shape index (κ2) is 17.8. The number of aliphatic hydroxyl groups excluding tert-OH is 1. The zero-order valence-corrected chi connectivity index (χ0v) is 30.1. The Morgan fingerprint density at radius 2 is 1.69 bits per heavy atom. The number of benzene rings is 4. The number of anilines is 1. The van der Waals surface area contributed by atoms with Gasteiger partial charge in [0.05, 0.1) is 36.9 Å². The number of nitrogens with zero attached hydrogens (tertiary/aromatic N) is 2. The van der Waals surface area contributed by atoms with Gasteiger partial charge in [-0.05, 0) is 80.1 Å². The molecule has 1 heterocycles. The molecule has 0 saturated carbocycles. The molecule has 0 fully saturated rings. The smallest absolute Gasteiger partial charge is 0.258 e. The highest BCUT2D eigenvalue weighted by Crippen LogP contribution is 2.35. The van der Waals surface area contributed by atoms with E-state index in [9.17, 15) is 14.7 Å². The van der Waals surface area contributed by atoms with Crippen LogP contribution in [-0.2, 0) is 22.5 Å². The van der Waals surface area contributed by atoms with Crippen molar-refractivity contribution in [1.29, 1.82) is 0 Å². The molecule has 10 heteroatoms. The second-order valence-corrected chi connectivity index (χ2v) is 13.2. The van der Waals surface area contributed by atoms with E-state index >= 15 is 0 Å². The molecule has 3 atom stereocenters. The van der Waals surface area contributed by atoms with Crippen molar-refractivity contribution >= 4 is 17.5 Å². The van der Waals surface area contributed by atoms with Gasteiger partial charge in [0.1, 0.15) is 30.0 Å². The van der Waals surface area contributed by atoms with Gasteiger partial charge in [-0.1, -0.05) is 55.5 Å². The molecule has 0 aromatic heterocycles. The highest BCUT2D eigenvalue weighted by atomic mass is 16.5. The fourth-order valence-corrected chi connectivity index (χ4v) is 6.03. The third kappa shape index (κ3) is 10.1. The first-order valence-corrected chi connectivity index (χ1v) is 17.4. The van der Waals surface area contributed by atoms with Crippen molar-refractivity contribution in [3.05, 3.63) is 113 Å². The number of rotatable bonds is 15. The Kier molecular flexibility index (Phi) is 13.1. The summed E-state index contributed by atoms with van der Waals surface area (Å²) >= 11 is 0. The van der Waals surface area contributed by atoms with Crippen LogP contribution in [0.1, 0.15) is 40.9 Å². The lowest BCUT2D eigenvalue weighted by molar-refractivity contribution is -0.115. The fraction of sp³-hybridized carbons (Fsp3) is 0.366. The predicted octanol–water partition coefficient (Wildman–Crippen LogP) is 6.35. The van der Waals surface area contributed by atoms with E-state index in [1.165, 1.54) is 0 Å². The summed E-state index contributed by atoms with van der Waals surface area (Å²) in [6.07, 6.45) is -0.205. The largest absolute Gasteiger partial charge is 0.491 e. The van der Waals surface area contributed by atoms with Crippen molar-refractivity contribution in [3.63, 3.8) is 0 Å². The lowest BCUT2D eigenvalue weighted by Gasteiger charge is -2.38. The summed E-state index contributed by atoms with van der Waals surface area (Å²) in [5.74, 6) is 2.04. The number of amides is 2. The third-order valence-corrected chi connectivity index (χ3v) is 9.00. The van der Waals surface area contributed by atoms with Gasteiger partial charge in [-0.25, -0.2) is 0 Å². The summed E-state index contributed by atoms with van der Waals surface area (Å²) in [4.78, 5) is 31.1. The Morgan fingerprint density at radius 3 is 2.39 bits per heavy atom. The van der Waals surface area contributed by atoms with E-state index in [-0.39, 0.29) is 36.9 Å². The van der Waals surface area contributed by atoms with E-state index in [1.54, 1.807) is 30.2 Å². The van der Waals surface area contributed by atoms with Gasteiger partial charge in [-0.15, -0.1) is 0 Å². The molecule has 270 valence electrons. The molecule has 0 saturated heterocycles. The van der Waals surface area contributed by atoms with Crippen molar-refractivity contribution in [2.24, 2.45) is 5.92 Å². The SMILES string of the molecule is COCCOc1ccc(CC(=O)Nc2cccc3c2O[C@H](CN(C)Cc2ccc(Oc4ccccc4C)cc2)[C@H](C)CN([C@@H](C)CO)C3=O)cc1. The molecule has 5 rings (SSSR count). The van der Waals surface area contributed by atoms with Gasteiger partial charge in [0.25, 0.3) is 5.91 Å². The summed E-state index contributed by atoms with van der Waals surface area (Å²) in [6, 6.07) is 28.1. The van der Waals surface area contributed by atoms with Crippen LogP contribution < -0.4 is 19.5 Å². The highest BCUT2D eigenvalue weighted by Gasteiger charge is 2.34. The van der Waals surface area contributed by atoms with Gasteiger partial charge in [-0.3, -0.25) is 14.5 Å². The third-order valence-electron chi connectivity index (χ3n) is 9.00. The average Bonchev–Trinajstić information content (AvgIpc) is 3.12. The van der Waals surface area contributed by atoms with Crippen molar-refractivity contribution in [2.75, 3.05) is 52.4 Å². The minimum atomic E-state index is -0.399. The Bertz CT molecular complexity index is 1750. The number of aryl methyl sites for hydroxylation is 1. The van der Waals surface area contributed by atoms with Crippen molar-refractivity contribution in [2.45, 2.75) is 45.9 Å². The van der Waals surface area contributed by atoms with Crippen LogP contribution in [0.5, 0.6) is 23.0 Å². The lowest BCUT2D eigenvalue weighted by atomic mass is 9.98. The van der Waals surface area contributed by atoms with E-state index in [4.69, 9.17) is 18.9 Å². The summed E-state index contributed by atoms with van der Waals surface area (Å²) < 4.78 is 23.5. The molecule has 0 radical (unpaired) electrons. The van der Waals surface area contributed by atoms with Crippen molar-refractivity contribution in [1.82, 2.24) is 9.80 Å². The molecule has 2 N–H and O–H groups in total. The van der Waals surface area contributed by atoms with Gasteiger partial charge in [0.15, 0.2) is 5.75 Å². The van der Waals surface area contributed by atoms with Crippen LogP contribution in [0, 0.1) is 12.8 Å². The molecule has 0 aliphatic carbocycles. The maximum atomic E-state index is 13.9. The Hall–Kier alpha value is -4.90. The monoisotopic (exact) mass is 695 g/mol. The molecular formula is C41H49N3O7. The quantitative estimate of drug-likeness (QED) is 0.139. The fourth-order valence-electron chi connectivity index (χ4n) is 6.03. The van der Waals surface area contributed by atoms with E-state index in [2.05, 4.69) is 29.3 Å². The number of hydrogen-bond acceptors (Lipinski definition) is 8. The van der Waals surface area contributed by atoms with Gasteiger partial charge in [0.2, 0.25) is 5.91 Å². The predicted molar refractivity (Wildman–Crippen MR) is 198 cm³/mol. The molecule has 51 heavy (non-hydrogen) atoms. The Balaban J connectivity index is 1.31. The van der Waals surface area contributed by atoms with Crippen LogP contribution >= 0.6 is 0 Å². The van der Waals surface area contributed by atoms with Crippen molar-refractivity contribution in [3.8, 4) is 23.0 Å². The minimum absolute atomic E-state index is 0.0863. The van der Waals surface area contributed by atoms with Crippen LogP contribution in [0.25, 0.3) is 0 Å². The summed E-state index contributed by atoms with van der Waals surface area (Å²) in [5, 5.41) is 13.1. The maximum Gasteiger partial charge on any atom is 0.258 e. The van der Waals surface area contributed by atoms with E-state index < -0.39 is 6.04 Å². The minimum Gasteiger partial charge on any atom is -0.491 e. The number of fused-ring (bicyclic) bond motifs is 1. The Morgan fingerprint density at radius 1 is 0.980 bits per heavy atom. The number of aliphatic hydroxyl groups is 1. The van der Waals surface area contributed by atoms with Gasteiger partial charge < -0.3 is 34.3 Å². The zero-order valence-electron chi connectivity index (χ0n) is 30.1. The standard InChI is InChI=1S/C41H49N3O7/c1-28-9-6-7-12-37(28)50-34-19-15-32(16-20-34)25-43(4)26-38-29(2)24-44(30(3)27-45)41(47)35-10-8-11-36(40(35)51-38)42-39(46)23-31-13-17-33(18-14-31)49-22-21-48-5/h6-20,29-30,38,45H,21-27H2,1-5H3,(H,42,46)/t29-,30+,38-/m1/s1. The highest BCUT2D eigenvalue weighted by molar-refractivity contribution is 6.02. The lowest BCUT2D eigenvalue weighted by Crippen LogP contribution is -2.49. The van der Waals surface area contributed by atoms with Gasteiger partial charge in [0, 0.05) is 32.7 Å². The first-order chi connectivity index (χ1) is 24.6. The zero-order chi connectivity index (χ0) is 36.3. The number of methoxy groups -OCH3 is 1. The molecule has 1 aliphatic heterocycles. The van der Waals surface area contributed by atoms with Crippen molar-refractivity contribution < 1.29 is 33.6 Å². The van der Waals surface area contributed by atoms with Gasteiger partial charge in [-0.2, -0.15) is 0 Å². The summed E-state index contributed by atoms with van der Waals surface area (Å²) in [7, 11) is 3.66. The molecule has 4 aromatic carbocycles. The van der Waals surface area contributed by atoms with Gasteiger partial charge >= 0.3 is 0 Å². The second-order valence-electron chi connectivity index (χ2n) is 13.2. The maximum absolute atomic E-state index is 13.9. The number of para-hydroxylation sites is 2. The molecule has 0 bridgehead atoms. The summed E-state index contributed by atoms with van der Waals surface area (Å²) in [6.45, 7) is 8.29. The number of nitrogens with one attached hydrogen (secondary N) is 1. The average molecular weight is 696 g/mol. The van der Waals surface area contributed by atoms with Crippen LogP contribution in [0.15, 0.2) is 91.0 Å². The number of carbonyl (C=O) groups is 2. The molecule has 2 amide bonds. The molecule has 4 aromatic rings. The van der Waals surface area contributed by atoms with Crippen LogP contribution in [0.3, 0.4) is 0 Å². The topological polar surface area (TPSA) is 110 Å². The number of ether oxygens (including phenoxy) is 4. The van der Waals surface area contributed by atoms with E-state index in [0.717, 1.165) is 28.2 Å². The first-order valence-electron chi connectivity index (χ1n) is 17.4. The molecule has 0 unspecified atom stereocenters. The first kappa shape index (κ1) is 37.4. The molecular weight excluding hydrogens is 646 g/mol. The number of carbonyl (C=O) groups excluding carboxylic acids is 2. The normalized spacial score (nSPS) is 16.5. The number of hydrogen-bond donors (Lipinski definition) is 2. The van der Waals surface area contributed by atoms with Crippen LogP contribution in [0.2, 0.25) is 0 Å². The number of likely N-dealkylation sites (N-methyl/N-ethyl adjacent to an activating group) is 1. The van der Waals surface area contributed by atoms with Crippen LogP contribution in [-0.4, -0.2) is 85.9 Å². The molecule has 10 nitrogen and oxygen atoms in total. The summed E-state index contributed by atoms with van der Waals surface area (Å²) in [5.41, 5.74) is 3.76.